The second-order valence-electron chi connectivity index (χ2n) is 3.70. The first kappa shape index (κ1) is 14.9. The number of hydrogen-bond donors (Lipinski definition) is 2. The number of hydrogen-bond acceptors (Lipinski definition) is 4. The van der Waals surface area contributed by atoms with E-state index in [0.29, 0.717) is 0 Å². The standard InChI is InChI=1S/C11H22N2O3/c1-5-9(6-2)13-11(15)8(3)12-7-10(14)16-4/h8-9,12H,5-7H2,1-4H3,(H,13,15). The van der Waals surface area contributed by atoms with E-state index in [1.54, 1.807) is 6.92 Å². The van der Waals surface area contributed by atoms with Crippen LogP contribution in [0.2, 0.25) is 0 Å². The van der Waals surface area contributed by atoms with Crippen molar-refractivity contribution in [3.8, 4) is 0 Å². The largest absolute Gasteiger partial charge is 0.468 e. The van der Waals surface area contributed by atoms with Crippen LogP contribution >= 0.6 is 0 Å². The van der Waals surface area contributed by atoms with Gasteiger partial charge in [0.25, 0.3) is 0 Å². The molecule has 0 radical (unpaired) electrons. The van der Waals surface area contributed by atoms with Crippen LogP contribution in [-0.2, 0) is 14.3 Å². The summed E-state index contributed by atoms with van der Waals surface area (Å²) in [5, 5.41) is 5.70. The molecular weight excluding hydrogens is 208 g/mol. The highest BCUT2D eigenvalue weighted by atomic mass is 16.5. The number of esters is 1. The van der Waals surface area contributed by atoms with Crippen molar-refractivity contribution < 1.29 is 14.3 Å². The molecule has 0 aliphatic rings. The fourth-order valence-corrected chi connectivity index (χ4v) is 1.22. The van der Waals surface area contributed by atoms with Crippen LogP contribution in [0.3, 0.4) is 0 Å². The summed E-state index contributed by atoms with van der Waals surface area (Å²) in [5.41, 5.74) is 0. The Bertz CT molecular complexity index is 227. The van der Waals surface area contributed by atoms with Crippen molar-refractivity contribution in [2.45, 2.75) is 45.7 Å². The lowest BCUT2D eigenvalue weighted by Gasteiger charge is -2.18. The van der Waals surface area contributed by atoms with Crippen LogP contribution in [0.25, 0.3) is 0 Å². The topological polar surface area (TPSA) is 67.4 Å². The van der Waals surface area contributed by atoms with Crippen molar-refractivity contribution in [3.63, 3.8) is 0 Å². The van der Waals surface area contributed by atoms with E-state index < -0.39 is 0 Å². The molecule has 0 aromatic carbocycles. The van der Waals surface area contributed by atoms with E-state index in [4.69, 9.17) is 0 Å². The Hall–Kier alpha value is -1.10. The van der Waals surface area contributed by atoms with Gasteiger partial charge in [0, 0.05) is 6.04 Å². The Balaban J connectivity index is 3.94. The summed E-state index contributed by atoms with van der Waals surface area (Å²) < 4.78 is 4.47. The minimum absolute atomic E-state index is 0.0496. The highest BCUT2D eigenvalue weighted by molar-refractivity contribution is 5.82. The van der Waals surface area contributed by atoms with Crippen molar-refractivity contribution in [3.05, 3.63) is 0 Å². The van der Waals surface area contributed by atoms with Crippen LogP contribution in [-0.4, -0.2) is 37.6 Å². The highest BCUT2D eigenvalue weighted by Gasteiger charge is 2.16. The van der Waals surface area contributed by atoms with Crippen LogP contribution in [0.4, 0.5) is 0 Å². The Morgan fingerprint density at radius 1 is 1.25 bits per heavy atom. The first-order chi connectivity index (χ1) is 7.54. The van der Waals surface area contributed by atoms with Crippen LogP contribution < -0.4 is 10.6 Å². The lowest BCUT2D eigenvalue weighted by Crippen LogP contribution is -2.47. The molecule has 0 aliphatic carbocycles. The van der Waals surface area contributed by atoms with Crippen LogP contribution in [0.1, 0.15) is 33.6 Å². The Morgan fingerprint density at radius 2 is 1.81 bits per heavy atom. The van der Waals surface area contributed by atoms with Crippen molar-refractivity contribution in [1.82, 2.24) is 10.6 Å². The summed E-state index contributed by atoms with van der Waals surface area (Å²) in [6.07, 6.45) is 1.82. The second-order valence-corrected chi connectivity index (χ2v) is 3.70. The molecule has 2 N–H and O–H groups in total. The third-order valence-corrected chi connectivity index (χ3v) is 2.51. The zero-order valence-corrected chi connectivity index (χ0v) is 10.5. The molecule has 0 heterocycles. The minimum atomic E-state index is -0.389. The van der Waals surface area contributed by atoms with Crippen molar-refractivity contribution in [2.75, 3.05) is 13.7 Å². The third-order valence-electron chi connectivity index (χ3n) is 2.51. The van der Waals surface area contributed by atoms with Gasteiger partial charge in [-0.25, -0.2) is 0 Å². The highest BCUT2D eigenvalue weighted by Crippen LogP contribution is 1.96. The van der Waals surface area contributed by atoms with Crippen molar-refractivity contribution in [1.29, 1.82) is 0 Å². The van der Waals surface area contributed by atoms with Crippen LogP contribution in [0.15, 0.2) is 0 Å². The van der Waals surface area contributed by atoms with Gasteiger partial charge in [0.1, 0.15) is 0 Å². The summed E-state index contributed by atoms with van der Waals surface area (Å²) >= 11 is 0. The van der Waals surface area contributed by atoms with E-state index in [1.807, 2.05) is 13.8 Å². The van der Waals surface area contributed by atoms with Gasteiger partial charge in [-0.1, -0.05) is 13.8 Å². The number of ether oxygens (including phenoxy) is 1. The molecule has 5 heteroatoms. The maximum atomic E-state index is 11.6. The normalized spacial score (nSPS) is 12.3. The predicted octanol–water partition coefficient (Wildman–Crippen LogP) is 0.442. The number of carbonyl (C=O) groups is 2. The summed E-state index contributed by atoms with van der Waals surface area (Å²) in [7, 11) is 1.32. The Kier molecular flexibility index (Phi) is 7.54. The van der Waals surface area contributed by atoms with Gasteiger partial charge in [-0.3, -0.25) is 14.9 Å². The molecule has 1 unspecified atom stereocenters. The zero-order chi connectivity index (χ0) is 12.6. The quantitative estimate of drug-likeness (QED) is 0.623. The molecule has 0 aliphatic heterocycles. The molecule has 0 fully saturated rings. The van der Waals surface area contributed by atoms with E-state index in [9.17, 15) is 9.59 Å². The van der Waals surface area contributed by atoms with Gasteiger partial charge >= 0.3 is 5.97 Å². The smallest absolute Gasteiger partial charge is 0.319 e. The first-order valence-corrected chi connectivity index (χ1v) is 5.65. The number of carbonyl (C=O) groups excluding carboxylic acids is 2. The van der Waals surface area contributed by atoms with Gasteiger partial charge in [-0.05, 0) is 19.8 Å². The summed E-state index contributed by atoms with van der Waals surface area (Å²) in [5.74, 6) is -0.459. The molecule has 0 aromatic rings. The first-order valence-electron chi connectivity index (χ1n) is 5.65. The van der Waals surface area contributed by atoms with Crippen LogP contribution in [0.5, 0.6) is 0 Å². The Labute approximate surface area is 96.9 Å². The SMILES string of the molecule is CCC(CC)NC(=O)C(C)NCC(=O)OC. The lowest BCUT2D eigenvalue weighted by atomic mass is 10.1. The predicted molar refractivity (Wildman–Crippen MR) is 62.0 cm³/mol. The third kappa shape index (κ3) is 5.70. The minimum Gasteiger partial charge on any atom is -0.468 e. The molecule has 1 atom stereocenters. The number of amides is 1. The molecule has 0 saturated heterocycles. The molecule has 0 aromatic heterocycles. The molecule has 0 bridgehead atoms. The molecule has 0 saturated carbocycles. The molecule has 5 nitrogen and oxygen atoms in total. The van der Waals surface area contributed by atoms with Gasteiger partial charge in [0.05, 0.1) is 19.7 Å². The maximum Gasteiger partial charge on any atom is 0.319 e. The molecule has 94 valence electrons. The fourth-order valence-electron chi connectivity index (χ4n) is 1.22. The van der Waals surface area contributed by atoms with Gasteiger partial charge in [0.15, 0.2) is 0 Å². The van der Waals surface area contributed by atoms with Gasteiger partial charge in [0.2, 0.25) is 5.91 Å². The monoisotopic (exact) mass is 230 g/mol. The van der Waals surface area contributed by atoms with Gasteiger partial charge in [-0.15, -0.1) is 0 Å². The average Bonchev–Trinajstić information content (AvgIpc) is 2.31. The van der Waals surface area contributed by atoms with Gasteiger partial charge in [-0.2, -0.15) is 0 Å². The summed E-state index contributed by atoms with van der Waals surface area (Å²) in [4.78, 5) is 22.5. The van der Waals surface area contributed by atoms with Crippen LogP contribution in [0, 0.1) is 0 Å². The number of nitrogens with one attached hydrogen (secondary N) is 2. The number of rotatable bonds is 7. The van der Waals surface area contributed by atoms with E-state index in [2.05, 4.69) is 15.4 Å². The second kappa shape index (κ2) is 8.10. The number of methoxy groups -OCH3 is 1. The summed E-state index contributed by atoms with van der Waals surface area (Å²) in [6, 6.07) is -0.186. The van der Waals surface area contributed by atoms with Gasteiger partial charge < -0.3 is 10.1 Å². The van der Waals surface area contributed by atoms with Crippen molar-refractivity contribution in [2.24, 2.45) is 0 Å². The molecule has 0 rings (SSSR count). The molecule has 0 spiro atoms. The van der Waals surface area contributed by atoms with Crippen molar-refractivity contribution >= 4 is 11.9 Å². The van der Waals surface area contributed by atoms with E-state index in [-0.39, 0.29) is 30.5 Å². The summed E-state index contributed by atoms with van der Waals surface area (Å²) in [6.45, 7) is 5.83. The van der Waals surface area contributed by atoms with E-state index in [0.717, 1.165) is 12.8 Å². The van der Waals surface area contributed by atoms with E-state index >= 15 is 0 Å². The molecule has 16 heavy (non-hydrogen) atoms. The average molecular weight is 230 g/mol. The molecule has 1 amide bonds. The zero-order valence-electron chi connectivity index (χ0n) is 10.5. The lowest BCUT2D eigenvalue weighted by molar-refractivity contribution is -0.139. The Morgan fingerprint density at radius 3 is 2.25 bits per heavy atom. The molecular formula is C11H22N2O3. The van der Waals surface area contributed by atoms with E-state index in [1.165, 1.54) is 7.11 Å². The maximum absolute atomic E-state index is 11.6. The fraction of sp³-hybridized carbons (Fsp3) is 0.818.